The second-order valence-corrected chi connectivity index (χ2v) is 5.81. The Bertz CT molecular complexity index is 216. The van der Waals surface area contributed by atoms with Crippen molar-refractivity contribution in [2.45, 2.75) is 70.1 Å². The van der Waals surface area contributed by atoms with Gasteiger partial charge in [-0.05, 0) is 45.7 Å². The van der Waals surface area contributed by atoms with Crippen LogP contribution in [0.2, 0.25) is 0 Å². The number of aliphatic hydroxyl groups excluding tert-OH is 1. The van der Waals surface area contributed by atoms with Crippen LogP contribution in [0.25, 0.3) is 0 Å². The number of nitrogens with one attached hydrogen (secondary N) is 1. The maximum Gasteiger partial charge on any atom is 0.0693 e. The van der Waals surface area contributed by atoms with Crippen molar-refractivity contribution < 1.29 is 5.11 Å². The van der Waals surface area contributed by atoms with Crippen LogP contribution in [-0.2, 0) is 0 Å². The van der Waals surface area contributed by atoms with Crippen molar-refractivity contribution in [2.75, 3.05) is 19.6 Å². The number of hydrogen-bond acceptors (Lipinski definition) is 3. The zero-order chi connectivity index (χ0) is 12.1. The van der Waals surface area contributed by atoms with E-state index >= 15 is 0 Å². The van der Waals surface area contributed by atoms with Gasteiger partial charge in [0, 0.05) is 18.6 Å². The van der Waals surface area contributed by atoms with Gasteiger partial charge in [-0.15, -0.1) is 0 Å². The topological polar surface area (TPSA) is 35.5 Å². The standard InChI is InChI=1S/C14H28N2O/c1-12(16-9-5-2-6-10-16)11-15-13-7-3-4-8-14(13)17/h12-15,17H,2-11H2,1H3/t12?,13-,14-/m1/s1. The number of piperidine rings is 1. The summed E-state index contributed by atoms with van der Waals surface area (Å²) in [4.78, 5) is 2.59. The summed E-state index contributed by atoms with van der Waals surface area (Å²) >= 11 is 0. The molecule has 2 fully saturated rings. The van der Waals surface area contributed by atoms with Crippen LogP contribution in [0, 0.1) is 0 Å². The molecule has 1 heterocycles. The van der Waals surface area contributed by atoms with Gasteiger partial charge < -0.3 is 10.4 Å². The normalized spacial score (nSPS) is 33.5. The van der Waals surface area contributed by atoms with Gasteiger partial charge in [0.15, 0.2) is 0 Å². The highest BCUT2D eigenvalue weighted by Gasteiger charge is 2.24. The van der Waals surface area contributed by atoms with Gasteiger partial charge in [0.1, 0.15) is 0 Å². The summed E-state index contributed by atoms with van der Waals surface area (Å²) < 4.78 is 0. The molecule has 0 radical (unpaired) electrons. The molecule has 100 valence electrons. The van der Waals surface area contributed by atoms with Crippen LogP contribution in [0.15, 0.2) is 0 Å². The molecule has 0 bridgehead atoms. The molecule has 0 spiro atoms. The highest BCUT2D eigenvalue weighted by Crippen LogP contribution is 2.18. The number of hydrogen-bond donors (Lipinski definition) is 2. The first-order valence-electron chi connectivity index (χ1n) is 7.43. The average Bonchev–Trinajstić information content (AvgIpc) is 2.38. The zero-order valence-electron chi connectivity index (χ0n) is 11.2. The molecule has 17 heavy (non-hydrogen) atoms. The molecule has 2 aliphatic rings. The molecule has 3 nitrogen and oxygen atoms in total. The predicted octanol–water partition coefficient (Wildman–Crippen LogP) is 1.75. The van der Waals surface area contributed by atoms with E-state index in [1.807, 2.05) is 0 Å². The van der Waals surface area contributed by atoms with Crippen molar-refractivity contribution in [1.29, 1.82) is 0 Å². The molecule has 0 aromatic rings. The lowest BCUT2D eigenvalue weighted by molar-refractivity contribution is 0.0835. The van der Waals surface area contributed by atoms with Crippen LogP contribution in [0.3, 0.4) is 0 Å². The number of rotatable bonds is 4. The first-order valence-corrected chi connectivity index (χ1v) is 7.43. The molecule has 0 aromatic heterocycles. The van der Waals surface area contributed by atoms with Crippen molar-refractivity contribution in [3.63, 3.8) is 0 Å². The molecular formula is C14H28N2O. The van der Waals surface area contributed by atoms with E-state index in [4.69, 9.17) is 0 Å². The van der Waals surface area contributed by atoms with Gasteiger partial charge in [0.05, 0.1) is 6.10 Å². The lowest BCUT2D eigenvalue weighted by Crippen LogP contribution is -2.49. The Morgan fingerprint density at radius 2 is 1.82 bits per heavy atom. The van der Waals surface area contributed by atoms with Gasteiger partial charge in [-0.1, -0.05) is 19.3 Å². The third-order valence-electron chi connectivity index (χ3n) is 4.42. The van der Waals surface area contributed by atoms with E-state index in [9.17, 15) is 5.11 Å². The van der Waals surface area contributed by atoms with Crippen LogP contribution in [0.1, 0.15) is 51.9 Å². The van der Waals surface area contributed by atoms with Crippen LogP contribution >= 0.6 is 0 Å². The minimum atomic E-state index is -0.114. The fourth-order valence-electron chi connectivity index (χ4n) is 3.16. The molecule has 1 unspecified atom stereocenters. The second-order valence-electron chi connectivity index (χ2n) is 5.81. The van der Waals surface area contributed by atoms with Crippen LogP contribution < -0.4 is 5.32 Å². The highest BCUT2D eigenvalue weighted by molar-refractivity contribution is 4.82. The minimum Gasteiger partial charge on any atom is -0.392 e. The van der Waals surface area contributed by atoms with Gasteiger partial charge in [0.2, 0.25) is 0 Å². The van der Waals surface area contributed by atoms with Crippen molar-refractivity contribution in [3.05, 3.63) is 0 Å². The van der Waals surface area contributed by atoms with Crippen molar-refractivity contribution in [1.82, 2.24) is 10.2 Å². The number of nitrogens with zero attached hydrogens (tertiary/aromatic N) is 1. The van der Waals surface area contributed by atoms with E-state index in [0.29, 0.717) is 12.1 Å². The van der Waals surface area contributed by atoms with Crippen molar-refractivity contribution >= 4 is 0 Å². The van der Waals surface area contributed by atoms with Crippen molar-refractivity contribution in [3.8, 4) is 0 Å². The zero-order valence-corrected chi connectivity index (χ0v) is 11.2. The molecule has 0 aromatic carbocycles. The van der Waals surface area contributed by atoms with Crippen LogP contribution in [-0.4, -0.2) is 47.8 Å². The average molecular weight is 240 g/mol. The third-order valence-corrected chi connectivity index (χ3v) is 4.42. The van der Waals surface area contributed by atoms with E-state index in [2.05, 4.69) is 17.1 Å². The van der Waals surface area contributed by atoms with Crippen LogP contribution in [0.4, 0.5) is 0 Å². The first kappa shape index (κ1) is 13.3. The fourth-order valence-corrected chi connectivity index (χ4v) is 3.16. The lowest BCUT2D eigenvalue weighted by atomic mass is 9.92. The Kier molecular flexibility index (Phi) is 5.26. The maximum absolute atomic E-state index is 9.92. The van der Waals surface area contributed by atoms with Gasteiger partial charge in [0.25, 0.3) is 0 Å². The van der Waals surface area contributed by atoms with Crippen LogP contribution in [0.5, 0.6) is 0 Å². The Morgan fingerprint density at radius 3 is 2.53 bits per heavy atom. The van der Waals surface area contributed by atoms with Gasteiger partial charge >= 0.3 is 0 Å². The van der Waals surface area contributed by atoms with E-state index in [1.54, 1.807) is 0 Å². The first-order chi connectivity index (χ1) is 8.27. The van der Waals surface area contributed by atoms with E-state index < -0.39 is 0 Å². The number of likely N-dealkylation sites (tertiary alicyclic amines) is 1. The van der Waals surface area contributed by atoms with E-state index in [1.165, 1.54) is 45.2 Å². The molecule has 2 rings (SSSR count). The highest BCUT2D eigenvalue weighted by atomic mass is 16.3. The third kappa shape index (κ3) is 3.94. The lowest BCUT2D eigenvalue weighted by Gasteiger charge is -2.35. The summed E-state index contributed by atoms with van der Waals surface area (Å²) in [6, 6.07) is 0.959. The van der Waals surface area contributed by atoms with Gasteiger partial charge in [-0.2, -0.15) is 0 Å². The molecule has 1 saturated carbocycles. The predicted molar refractivity (Wildman–Crippen MR) is 71.2 cm³/mol. The summed E-state index contributed by atoms with van der Waals surface area (Å²) in [6.07, 6.45) is 8.60. The molecule has 2 N–H and O–H groups in total. The summed E-state index contributed by atoms with van der Waals surface area (Å²) in [6.45, 7) is 5.86. The molecule has 1 aliphatic carbocycles. The molecule has 3 heteroatoms. The Labute approximate surface area is 106 Å². The summed E-state index contributed by atoms with van der Waals surface area (Å²) in [5.41, 5.74) is 0. The molecule has 3 atom stereocenters. The Hall–Kier alpha value is -0.120. The SMILES string of the molecule is CC(CN[C@@H]1CCCC[C@H]1O)N1CCCCC1. The minimum absolute atomic E-state index is 0.114. The molecule has 1 aliphatic heterocycles. The summed E-state index contributed by atoms with van der Waals surface area (Å²) in [5, 5.41) is 13.5. The number of aliphatic hydroxyl groups is 1. The van der Waals surface area contributed by atoms with Gasteiger partial charge in [-0.3, -0.25) is 4.90 Å². The molecule has 1 saturated heterocycles. The largest absolute Gasteiger partial charge is 0.392 e. The Balaban J connectivity index is 1.69. The van der Waals surface area contributed by atoms with Crippen molar-refractivity contribution in [2.24, 2.45) is 0 Å². The summed E-state index contributed by atoms with van der Waals surface area (Å²) in [7, 11) is 0. The second kappa shape index (κ2) is 6.72. The fraction of sp³-hybridized carbons (Fsp3) is 1.00. The monoisotopic (exact) mass is 240 g/mol. The maximum atomic E-state index is 9.92. The molecular weight excluding hydrogens is 212 g/mol. The Morgan fingerprint density at radius 1 is 1.12 bits per heavy atom. The smallest absolute Gasteiger partial charge is 0.0693 e. The van der Waals surface area contributed by atoms with Gasteiger partial charge in [-0.25, -0.2) is 0 Å². The quantitative estimate of drug-likeness (QED) is 0.786. The summed E-state index contributed by atoms with van der Waals surface area (Å²) in [5.74, 6) is 0. The van der Waals surface area contributed by atoms with E-state index in [-0.39, 0.29) is 6.10 Å². The molecule has 0 amide bonds. The van der Waals surface area contributed by atoms with E-state index in [0.717, 1.165) is 19.4 Å².